The third kappa shape index (κ3) is 6.16. The van der Waals surface area contributed by atoms with Gasteiger partial charge in [0.2, 0.25) is 17.5 Å². The summed E-state index contributed by atoms with van der Waals surface area (Å²) in [7, 11) is 0. The molecule has 0 spiro atoms. The maximum atomic E-state index is 12.5. The number of thiazole rings is 1. The van der Waals surface area contributed by atoms with Gasteiger partial charge in [-0.1, -0.05) is 0 Å². The van der Waals surface area contributed by atoms with E-state index in [1.807, 2.05) is 0 Å². The van der Waals surface area contributed by atoms with Crippen LogP contribution in [-0.4, -0.2) is 45.8 Å². The van der Waals surface area contributed by atoms with Crippen LogP contribution >= 0.6 is 11.3 Å². The number of oxazole rings is 1. The van der Waals surface area contributed by atoms with E-state index < -0.39 is 48.7 Å². The molecule has 2 aromatic rings. The lowest BCUT2D eigenvalue weighted by molar-refractivity contribution is -0.137. The first-order valence-electron chi connectivity index (χ1n) is 7.67. The van der Waals surface area contributed by atoms with E-state index in [1.54, 1.807) is 0 Å². The third-order valence-electron chi connectivity index (χ3n) is 3.39. The number of halogens is 3. The first-order valence-corrected chi connectivity index (χ1v) is 8.55. The van der Waals surface area contributed by atoms with Gasteiger partial charge in [0.15, 0.2) is 11.4 Å². The first kappa shape index (κ1) is 20.6. The number of carbonyl (C=O) groups is 3. The summed E-state index contributed by atoms with van der Waals surface area (Å²) in [6.07, 6.45) is -2.89. The number of amides is 2. The number of nitrogens with one attached hydrogen (secondary N) is 2. The molecule has 27 heavy (non-hydrogen) atoms. The Morgan fingerprint density at radius 2 is 2.04 bits per heavy atom. The molecule has 0 bridgehead atoms. The number of hydrogen-bond donors (Lipinski definition) is 2. The second-order valence-corrected chi connectivity index (χ2v) is 6.37. The molecule has 0 saturated heterocycles. The van der Waals surface area contributed by atoms with Gasteiger partial charge in [-0.2, -0.15) is 13.2 Å². The van der Waals surface area contributed by atoms with Crippen LogP contribution in [0.5, 0.6) is 0 Å². The molecule has 0 aliphatic heterocycles. The second kappa shape index (κ2) is 8.75. The summed E-state index contributed by atoms with van der Waals surface area (Å²) in [4.78, 5) is 43.7. The van der Waals surface area contributed by atoms with Crippen molar-refractivity contribution in [3.63, 3.8) is 0 Å². The number of hydrogen-bond acceptors (Lipinski definition) is 7. The van der Waals surface area contributed by atoms with Gasteiger partial charge in [0.25, 0.3) is 5.91 Å². The molecule has 2 atom stereocenters. The van der Waals surface area contributed by atoms with E-state index in [2.05, 4.69) is 20.6 Å². The van der Waals surface area contributed by atoms with Crippen molar-refractivity contribution >= 4 is 28.9 Å². The molecule has 1 unspecified atom stereocenters. The molecule has 0 aromatic carbocycles. The van der Waals surface area contributed by atoms with E-state index >= 15 is 0 Å². The Bertz CT molecular complexity index is 778. The monoisotopic (exact) mass is 404 g/mol. The van der Waals surface area contributed by atoms with Crippen LogP contribution in [0.4, 0.5) is 13.2 Å². The number of aromatic nitrogens is 2. The largest absolute Gasteiger partial charge is 0.438 e. The fourth-order valence-electron chi connectivity index (χ4n) is 2.03. The Hall–Kier alpha value is -2.76. The fourth-order valence-corrected chi connectivity index (χ4v) is 2.66. The maximum Gasteiger partial charge on any atom is 0.389 e. The predicted molar refractivity (Wildman–Crippen MR) is 87.1 cm³/mol. The maximum absolute atomic E-state index is 12.5. The normalized spacial score (nSPS) is 13.6. The summed E-state index contributed by atoms with van der Waals surface area (Å²) in [5.74, 6) is -2.41. The average molecular weight is 404 g/mol. The summed E-state index contributed by atoms with van der Waals surface area (Å²) < 4.78 is 42.4. The second-order valence-electron chi connectivity index (χ2n) is 5.48. The van der Waals surface area contributed by atoms with Gasteiger partial charge >= 0.3 is 6.18 Å². The Morgan fingerprint density at radius 3 is 2.59 bits per heavy atom. The highest BCUT2D eigenvalue weighted by molar-refractivity contribution is 7.11. The molecule has 2 amide bonds. The Balaban J connectivity index is 2.02. The Labute approximate surface area is 155 Å². The van der Waals surface area contributed by atoms with Gasteiger partial charge in [-0.3, -0.25) is 14.4 Å². The average Bonchev–Trinajstić information content (AvgIpc) is 3.30. The highest BCUT2D eigenvalue weighted by Crippen LogP contribution is 2.23. The number of alkyl halides is 3. The van der Waals surface area contributed by atoms with Gasteiger partial charge in [0, 0.05) is 18.0 Å². The highest BCUT2D eigenvalue weighted by Gasteiger charge is 2.33. The molecule has 0 saturated carbocycles. The lowest BCUT2D eigenvalue weighted by atomic mass is 10.1. The summed E-state index contributed by atoms with van der Waals surface area (Å²) in [6.45, 7) is 1.32. The number of carbonyl (C=O) groups excluding carboxylic acids is 3. The molecule has 2 aromatic heterocycles. The lowest BCUT2D eigenvalue weighted by Crippen LogP contribution is -2.50. The van der Waals surface area contributed by atoms with Crippen molar-refractivity contribution in [2.45, 2.75) is 38.0 Å². The molecule has 12 heteroatoms. The zero-order chi connectivity index (χ0) is 20.0. The molecule has 2 heterocycles. The van der Waals surface area contributed by atoms with E-state index in [0.29, 0.717) is 0 Å². The number of Topliss-reactive ketones (excluding diaryl/α,β-unsaturated/α-hetero) is 1. The summed E-state index contributed by atoms with van der Waals surface area (Å²) in [5, 5.41) is 6.03. The van der Waals surface area contributed by atoms with Crippen LogP contribution < -0.4 is 10.6 Å². The van der Waals surface area contributed by atoms with Gasteiger partial charge in [-0.25, -0.2) is 9.97 Å². The molecule has 0 radical (unpaired) electrons. The van der Waals surface area contributed by atoms with Crippen LogP contribution in [0, 0.1) is 0 Å². The molecule has 2 rings (SSSR count). The first-order chi connectivity index (χ1) is 12.7. The van der Waals surface area contributed by atoms with Gasteiger partial charge in [0.05, 0.1) is 12.2 Å². The van der Waals surface area contributed by atoms with E-state index in [4.69, 9.17) is 4.42 Å². The van der Waals surface area contributed by atoms with Crippen molar-refractivity contribution in [1.82, 2.24) is 20.6 Å². The number of nitrogens with zero attached hydrogens (tertiary/aromatic N) is 2. The zero-order valence-corrected chi connectivity index (χ0v) is 14.8. The van der Waals surface area contributed by atoms with Crippen molar-refractivity contribution in [2.75, 3.05) is 0 Å². The summed E-state index contributed by atoms with van der Waals surface area (Å²) >= 11 is 0.955. The molecule has 0 aliphatic carbocycles. The van der Waals surface area contributed by atoms with Gasteiger partial charge < -0.3 is 15.1 Å². The van der Waals surface area contributed by atoms with Crippen LogP contribution in [0.3, 0.4) is 0 Å². The predicted octanol–water partition coefficient (Wildman–Crippen LogP) is 1.96. The van der Waals surface area contributed by atoms with Crippen molar-refractivity contribution in [3.8, 4) is 0 Å². The molecule has 2 N–H and O–H groups in total. The molecule has 146 valence electrons. The standard InChI is InChI=1S/C15H15F3N4O4S/c1-8(21-13(25)10-6-19-7-26-10)12(24)22-9(2-3-15(16,17)18)11(23)14-20-4-5-27-14/h4-9H,2-3H2,1H3,(H,21,25)(H,22,24)/t8?,9-/m0/s1. The molecular formula is C15H15F3N4O4S. The Kier molecular flexibility index (Phi) is 6.66. The number of rotatable bonds is 8. The summed E-state index contributed by atoms with van der Waals surface area (Å²) in [5.41, 5.74) is 0. The minimum absolute atomic E-state index is 0.0131. The van der Waals surface area contributed by atoms with Crippen molar-refractivity contribution in [3.05, 3.63) is 34.9 Å². The molecule has 0 fully saturated rings. The summed E-state index contributed by atoms with van der Waals surface area (Å²) in [6, 6.07) is -2.55. The fraction of sp³-hybridized carbons (Fsp3) is 0.400. The van der Waals surface area contributed by atoms with Gasteiger partial charge in [-0.05, 0) is 13.3 Å². The zero-order valence-electron chi connectivity index (χ0n) is 13.9. The van der Waals surface area contributed by atoms with Crippen LogP contribution in [0.25, 0.3) is 0 Å². The van der Waals surface area contributed by atoms with Gasteiger partial charge in [-0.15, -0.1) is 11.3 Å². The van der Waals surface area contributed by atoms with Gasteiger partial charge in [0.1, 0.15) is 6.04 Å². The van der Waals surface area contributed by atoms with Crippen molar-refractivity contribution < 1.29 is 32.0 Å². The molecular weight excluding hydrogens is 389 g/mol. The van der Waals surface area contributed by atoms with E-state index in [-0.39, 0.29) is 10.8 Å². The van der Waals surface area contributed by atoms with Crippen LogP contribution in [-0.2, 0) is 4.79 Å². The highest BCUT2D eigenvalue weighted by atomic mass is 32.1. The minimum atomic E-state index is -4.49. The minimum Gasteiger partial charge on any atom is -0.438 e. The van der Waals surface area contributed by atoms with Crippen LogP contribution in [0.1, 0.15) is 40.1 Å². The van der Waals surface area contributed by atoms with E-state index in [0.717, 1.165) is 23.9 Å². The smallest absolute Gasteiger partial charge is 0.389 e. The quantitative estimate of drug-likeness (QED) is 0.650. The lowest BCUT2D eigenvalue weighted by Gasteiger charge is -2.20. The number of ketones is 1. The topological polar surface area (TPSA) is 114 Å². The van der Waals surface area contributed by atoms with E-state index in [1.165, 1.54) is 18.5 Å². The Morgan fingerprint density at radius 1 is 1.30 bits per heavy atom. The molecule has 8 nitrogen and oxygen atoms in total. The van der Waals surface area contributed by atoms with Crippen molar-refractivity contribution in [2.24, 2.45) is 0 Å². The third-order valence-corrected chi connectivity index (χ3v) is 4.18. The van der Waals surface area contributed by atoms with Crippen LogP contribution in [0.2, 0.25) is 0 Å². The van der Waals surface area contributed by atoms with Crippen LogP contribution in [0.15, 0.2) is 28.6 Å². The van der Waals surface area contributed by atoms with E-state index in [9.17, 15) is 27.6 Å². The SMILES string of the molecule is CC(NC(=O)c1cnco1)C(=O)N[C@@H](CCC(F)(F)F)C(=O)c1nccs1. The molecule has 0 aliphatic rings. The van der Waals surface area contributed by atoms with Crippen molar-refractivity contribution in [1.29, 1.82) is 0 Å².